The molecular weight excluding hydrogens is 344 g/mol. The molecule has 0 fully saturated rings. The van der Waals surface area contributed by atoms with Crippen molar-refractivity contribution in [1.29, 1.82) is 0 Å². The SMILES string of the molecule is Cc1ccc(NC(=O)CSc2ncnc3c2[nH]c2ccc(C)cc23)cc1. The summed E-state index contributed by atoms with van der Waals surface area (Å²) in [7, 11) is 0. The van der Waals surface area contributed by atoms with Crippen molar-refractivity contribution in [3.63, 3.8) is 0 Å². The molecule has 1 amide bonds. The fourth-order valence-electron chi connectivity index (χ4n) is 2.86. The van der Waals surface area contributed by atoms with Gasteiger partial charge in [-0.2, -0.15) is 0 Å². The number of thioether (sulfide) groups is 1. The number of benzene rings is 2. The van der Waals surface area contributed by atoms with Crippen LogP contribution in [0.4, 0.5) is 5.69 Å². The second kappa shape index (κ2) is 6.80. The lowest BCUT2D eigenvalue weighted by atomic mass is 10.2. The van der Waals surface area contributed by atoms with Crippen LogP contribution in [-0.2, 0) is 4.79 Å². The summed E-state index contributed by atoms with van der Waals surface area (Å²) in [5, 5.41) is 4.77. The number of fused-ring (bicyclic) bond motifs is 3. The Morgan fingerprint density at radius 3 is 2.65 bits per heavy atom. The molecule has 2 aromatic heterocycles. The number of rotatable bonds is 4. The normalized spacial score (nSPS) is 11.2. The quantitative estimate of drug-likeness (QED) is 0.415. The Kier molecular flexibility index (Phi) is 4.34. The summed E-state index contributed by atoms with van der Waals surface area (Å²) in [5.41, 5.74) is 5.94. The van der Waals surface area contributed by atoms with E-state index in [4.69, 9.17) is 0 Å². The number of amides is 1. The van der Waals surface area contributed by atoms with Gasteiger partial charge in [-0.1, -0.05) is 41.1 Å². The molecule has 0 saturated carbocycles. The molecule has 0 spiro atoms. The van der Waals surface area contributed by atoms with Gasteiger partial charge in [-0.15, -0.1) is 0 Å². The highest BCUT2D eigenvalue weighted by Gasteiger charge is 2.12. The predicted molar refractivity (Wildman–Crippen MR) is 107 cm³/mol. The van der Waals surface area contributed by atoms with Gasteiger partial charge in [-0.25, -0.2) is 9.97 Å². The molecule has 5 nitrogen and oxygen atoms in total. The fourth-order valence-corrected chi connectivity index (χ4v) is 3.61. The van der Waals surface area contributed by atoms with Gasteiger partial charge in [0.2, 0.25) is 5.91 Å². The van der Waals surface area contributed by atoms with Crippen molar-refractivity contribution >= 4 is 45.3 Å². The van der Waals surface area contributed by atoms with Crippen molar-refractivity contribution in [2.75, 3.05) is 11.1 Å². The maximum Gasteiger partial charge on any atom is 0.234 e. The van der Waals surface area contributed by atoms with Crippen LogP contribution >= 0.6 is 11.8 Å². The summed E-state index contributed by atoms with van der Waals surface area (Å²) < 4.78 is 0. The van der Waals surface area contributed by atoms with Crippen LogP contribution in [0.5, 0.6) is 0 Å². The molecule has 0 atom stereocenters. The number of carbonyl (C=O) groups is 1. The molecule has 2 heterocycles. The van der Waals surface area contributed by atoms with Crippen LogP contribution in [0, 0.1) is 13.8 Å². The van der Waals surface area contributed by atoms with E-state index in [0.717, 1.165) is 38.2 Å². The molecule has 0 aliphatic carbocycles. The zero-order valence-corrected chi connectivity index (χ0v) is 15.4. The lowest BCUT2D eigenvalue weighted by Gasteiger charge is -2.05. The molecule has 0 aliphatic heterocycles. The molecule has 0 aliphatic rings. The van der Waals surface area contributed by atoms with Crippen molar-refractivity contribution in [2.24, 2.45) is 0 Å². The molecule has 130 valence electrons. The Labute approximate surface area is 155 Å². The van der Waals surface area contributed by atoms with Gasteiger partial charge in [0.25, 0.3) is 0 Å². The molecule has 26 heavy (non-hydrogen) atoms. The average molecular weight is 362 g/mol. The van der Waals surface area contributed by atoms with Gasteiger partial charge in [0.15, 0.2) is 0 Å². The molecule has 0 unspecified atom stereocenters. The third-order valence-electron chi connectivity index (χ3n) is 4.18. The van der Waals surface area contributed by atoms with E-state index in [1.165, 1.54) is 17.3 Å². The van der Waals surface area contributed by atoms with Gasteiger partial charge in [-0.05, 0) is 38.1 Å². The molecule has 0 bridgehead atoms. The molecular formula is C20H18N4OS. The summed E-state index contributed by atoms with van der Waals surface area (Å²) >= 11 is 1.41. The molecule has 2 N–H and O–H groups in total. The van der Waals surface area contributed by atoms with E-state index in [-0.39, 0.29) is 11.7 Å². The van der Waals surface area contributed by atoms with Crippen LogP contribution in [0.15, 0.2) is 53.8 Å². The van der Waals surface area contributed by atoms with Crippen LogP contribution in [0.2, 0.25) is 0 Å². The van der Waals surface area contributed by atoms with Gasteiger partial charge in [0, 0.05) is 16.6 Å². The van der Waals surface area contributed by atoms with Crippen LogP contribution in [-0.4, -0.2) is 26.6 Å². The molecule has 4 rings (SSSR count). The third kappa shape index (κ3) is 3.28. The first-order chi connectivity index (χ1) is 12.6. The smallest absolute Gasteiger partial charge is 0.234 e. The summed E-state index contributed by atoms with van der Waals surface area (Å²) in [6, 6.07) is 14.0. The fraction of sp³-hybridized carbons (Fsp3) is 0.150. The van der Waals surface area contributed by atoms with E-state index in [1.807, 2.05) is 37.3 Å². The maximum absolute atomic E-state index is 12.2. The number of anilines is 1. The van der Waals surface area contributed by atoms with E-state index in [2.05, 4.69) is 39.3 Å². The van der Waals surface area contributed by atoms with Crippen LogP contribution in [0.25, 0.3) is 21.9 Å². The number of nitrogens with one attached hydrogen (secondary N) is 2. The number of carbonyl (C=O) groups excluding carboxylic acids is 1. The van der Waals surface area contributed by atoms with Crippen molar-refractivity contribution < 1.29 is 4.79 Å². The molecule has 4 aromatic rings. The highest BCUT2D eigenvalue weighted by atomic mass is 32.2. The number of hydrogen-bond donors (Lipinski definition) is 2. The van der Waals surface area contributed by atoms with E-state index in [9.17, 15) is 4.79 Å². The van der Waals surface area contributed by atoms with Crippen molar-refractivity contribution in [3.8, 4) is 0 Å². The highest BCUT2D eigenvalue weighted by Crippen LogP contribution is 2.30. The van der Waals surface area contributed by atoms with E-state index < -0.39 is 0 Å². The summed E-state index contributed by atoms with van der Waals surface area (Å²) in [6.45, 7) is 4.08. The number of aromatic amines is 1. The summed E-state index contributed by atoms with van der Waals surface area (Å²) in [6.07, 6.45) is 1.55. The average Bonchev–Trinajstić information content (AvgIpc) is 3.00. The minimum absolute atomic E-state index is 0.0578. The van der Waals surface area contributed by atoms with Gasteiger partial charge >= 0.3 is 0 Å². The van der Waals surface area contributed by atoms with E-state index >= 15 is 0 Å². The molecule has 6 heteroatoms. The van der Waals surface area contributed by atoms with Crippen molar-refractivity contribution in [3.05, 3.63) is 59.9 Å². The van der Waals surface area contributed by atoms with E-state index in [1.54, 1.807) is 6.33 Å². The van der Waals surface area contributed by atoms with Crippen molar-refractivity contribution in [1.82, 2.24) is 15.0 Å². The third-order valence-corrected chi connectivity index (χ3v) is 5.17. The van der Waals surface area contributed by atoms with Gasteiger partial charge in [0.1, 0.15) is 16.9 Å². The van der Waals surface area contributed by atoms with Gasteiger partial charge < -0.3 is 10.3 Å². The topological polar surface area (TPSA) is 70.7 Å². The number of H-pyrrole nitrogens is 1. The summed E-state index contributed by atoms with van der Waals surface area (Å²) in [4.78, 5) is 24.4. The van der Waals surface area contributed by atoms with Crippen LogP contribution < -0.4 is 5.32 Å². The standard InChI is InChI=1S/C20H18N4OS/c1-12-3-6-14(7-4-12)23-17(25)10-26-20-19-18(21-11-22-20)15-9-13(2)5-8-16(15)24-19/h3-9,11,24H,10H2,1-2H3,(H,23,25). The number of aromatic nitrogens is 3. The summed E-state index contributed by atoms with van der Waals surface area (Å²) in [5.74, 6) is 0.228. The van der Waals surface area contributed by atoms with Crippen LogP contribution in [0.3, 0.4) is 0 Å². The monoisotopic (exact) mass is 362 g/mol. The number of aryl methyl sites for hydroxylation is 2. The van der Waals surface area contributed by atoms with Gasteiger partial charge in [-0.3, -0.25) is 4.79 Å². The lowest BCUT2D eigenvalue weighted by molar-refractivity contribution is -0.113. The zero-order chi connectivity index (χ0) is 18.1. The first kappa shape index (κ1) is 16.6. The Balaban J connectivity index is 1.54. The second-order valence-electron chi connectivity index (χ2n) is 6.28. The van der Waals surface area contributed by atoms with E-state index in [0.29, 0.717) is 0 Å². The zero-order valence-electron chi connectivity index (χ0n) is 14.5. The highest BCUT2D eigenvalue weighted by molar-refractivity contribution is 8.00. The van der Waals surface area contributed by atoms with Gasteiger partial charge in [0.05, 0.1) is 11.3 Å². The Morgan fingerprint density at radius 1 is 1.08 bits per heavy atom. The largest absolute Gasteiger partial charge is 0.351 e. The molecule has 0 radical (unpaired) electrons. The molecule has 2 aromatic carbocycles. The minimum Gasteiger partial charge on any atom is -0.351 e. The maximum atomic E-state index is 12.2. The van der Waals surface area contributed by atoms with Crippen molar-refractivity contribution in [2.45, 2.75) is 18.9 Å². The number of nitrogens with zero attached hydrogens (tertiary/aromatic N) is 2. The minimum atomic E-state index is -0.0578. The predicted octanol–water partition coefficient (Wildman–Crippen LogP) is 4.46. The lowest BCUT2D eigenvalue weighted by Crippen LogP contribution is -2.14. The Hall–Kier alpha value is -2.86. The first-order valence-electron chi connectivity index (χ1n) is 8.32. The van der Waals surface area contributed by atoms with Crippen LogP contribution in [0.1, 0.15) is 11.1 Å². The Morgan fingerprint density at radius 2 is 1.85 bits per heavy atom. The Bertz CT molecular complexity index is 1100. The first-order valence-corrected chi connectivity index (χ1v) is 9.31. The number of hydrogen-bond acceptors (Lipinski definition) is 4. The molecule has 0 saturated heterocycles. The second-order valence-corrected chi connectivity index (χ2v) is 7.24.